The van der Waals surface area contributed by atoms with Crippen LogP contribution in [-0.4, -0.2) is 41.0 Å². The maximum absolute atomic E-state index is 14.6. The van der Waals surface area contributed by atoms with Crippen LogP contribution in [0.2, 0.25) is 0 Å². The van der Waals surface area contributed by atoms with Gasteiger partial charge in [-0.3, -0.25) is 19.9 Å². The zero-order valence-corrected chi connectivity index (χ0v) is 18.9. The molecule has 1 fully saturated rings. The van der Waals surface area contributed by atoms with Gasteiger partial charge in [0.25, 0.3) is 5.91 Å². The summed E-state index contributed by atoms with van der Waals surface area (Å²) >= 11 is 0. The van der Waals surface area contributed by atoms with E-state index >= 15 is 0 Å². The van der Waals surface area contributed by atoms with Gasteiger partial charge in [-0.1, -0.05) is 78.9 Å². The SMILES string of the molecule is COC(=O)C1=NN[C@]23C(=O)N(Cc4ccccc4)C(=O)[C@@]12C1c2ccccc2C3c2ccccc21. The number of nitrogens with one attached hydrogen (secondary N) is 1. The van der Waals surface area contributed by atoms with Crippen molar-refractivity contribution in [2.45, 2.75) is 23.9 Å². The molecule has 1 N–H and O–H groups in total. The van der Waals surface area contributed by atoms with Crippen molar-refractivity contribution >= 4 is 23.5 Å². The summed E-state index contributed by atoms with van der Waals surface area (Å²) in [4.78, 5) is 43.5. The number of hydrazone groups is 1. The summed E-state index contributed by atoms with van der Waals surface area (Å²) in [6, 6.07) is 25.2. The number of ether oxygens (including phenoxy) is 1. The Morgan fingerprint density at radius 1 is 0.857 bits per heavy atom. The number of rotatable bonds is 3. The normalized spacial score (nSPS) is 29.1. The van der Waals surface area contributed by atoms with Gasteiger partial charge in [0.05, 0.1) is 13.7 Å². The zero-order chi connectivity index (χ0) is 23.9. The van der Waals surface area contributed by atoms with Gasteiger partial charge in [0, 0.05) is 11.8 Å². The number of imide groups is 1. The molecule has 0 saturated carbocycles. The Morgan fingerprint density at radius 3 is 1.97 bits per heavy atom. The minimum absolute atomic E-state index is 0.0343. The first kappa shape index (κ1) is 20.1. The predicted molar refractivity (Wildman–Crippen MR) is 126 cm³/mol. The highest BCUT2D eigenvalue weighted by molar-refractivity contribution is 6.47. The molecule has 7 heteroatoms. The van der Waals surface area contributed by atoms with E-state index in [9.17, 15) is 14.4 Å². The highest BCUT2D eigenvalue weighted by atomic mass is 16.5. The Morgan fingerprint density at radius 2 is 1.40 bits per heavy atom. The van der Waals surface area contributed by atoms with Crippen LogP contribution in [0.25, 0.3) is 0 Å². The van der Waals surface area contributed by atoms with Crippen molar-refractivity contribution in [3.05, 3.63) is 107 Å². The molecule has 2 atom stereocenters. The molecule has 2 bridgehead atoms. The Kier molecular flexibility index (Phi) is 3.83. The third kappa shape index (κ3) is 2.09. The monoisotopic (exact) mass is 463 g/mol. The van der Waals surface area contributed by atoms with E-state index in [1.165, 1.54) is 12.0 Å². The van der Waals surface area contributed by atoms with Crippen LogP contribution >= 0.6 is 0 Å². The fourth-order valence-corrected chi connectivity index (χ4v) is 6.97. The first-order chi connectivity index (χ1) is 17.1. The van der Waals surface area contributed by atoms with Gasteiger partial charge in [0.1, 0.15) is 5.41 Å². The average molecular weight is 463 g/mol. The van der Waals surface area contributed by atoms with E-state index in [1.807, 2.05) is 78.9 Å². The van der Waals surface area contributed by atoms with Crippen molar-refractivity contribution in [1.82, 2.24) is 10.3 Å². The lowest BCUT2D eigenvalue weighted by atomic mass is 9.43. The average Bonchev–Trinajstić information content (AvgIpc) is 3.37. The van der Waals surface area contributed by atoms with E-state index in [0.717, 1.165) is 27.8 Å². The van der Waals surface area contributed by atoms with Crippen LogP contribution in [0, 0.1) is 5.41 Å². The summed E-state index contributed by atoms with van der Waals surface area (Å²) in [7, 11) is 1.27. The minimum Gasteiger partial charge on any atom is -0.464 e. The molecule has 2 heterocycles. The summed E-state index contributed by atoms with van der Waals surface area (Å²) in [5.41, 5.74) is 4.71. The maximum atomic E-state index is 14.6. The number of carbonyl (C=O) groups excluding carboxylic acids is 3. The van der Waals surface area contributed by atoms with Gasteiger partial charge in [-0.25, -0.2) is 4.79 Å². The van der Waals surface area contributed by atoms with Gasteiger partial charge < -0.3 is 4.74 Å². The molecule has 3 aromatic rings. The number of benzene rings is 3. The third-order valence-electron chi connectivity index (χ3n) is 8.17. The molecule has 3 aliphatic carbocycles. The Bertz CT molecular complexity index is 1430. The fourth-order valence-electron chi connectivity index (χ4n) is 6.97. The number of esters is 1. The molecule has 8 rings (SSSR count). The molecule has 0 aromatic heterocycles. The van der Waals surface area contributed by atoms with E-state index < -0.39 is 34.7 Å². The Balaban J connectivity index is 1.55. The lowest BCUT2D eigenvalue weighted by Crippen LogP contribution is -2.69. The molecule has 5 aliphatic rings. The summed E-state index contributed by atoms with van der Waals surface area (Å²) in [5, 5.41) is 4.39. The van der Waals surface area contributed by atoms with Crippen molar-refractivity contribution in [2.75, 3.05) is 7.11 Å². The molecule has 0 unspecified atom stereocenters. The lowest BCUT2D eigenvalue weighted by molar-refractivity contribution is -0.142. The highest BCUT2D eigenvalue weighted by Gasteiger charge is 2.84. The maximum Gasteiger partial charge on any atom is 0.355 e. The number of hydrogen-bond acceptors (Lipinski definition) is 6. The van der Waals surface area contributed by atoms with Gasteiger partial charge in [-0.05, 0) is 27.8 Å². The summed E-state index contributed by atoms with van der Waals surface area (Å²) in [6.45, 7) is 0.115. The van der Waals surface area contributed by atoms with Crippen LogP contribution in [0.4, 0.5) is 0 Å². The zero-order valence-electron chi connectivity index (χ0n) is 18.9. The number of amides is 2. The Labute approximate surface area is 201 Å². The third-order valence-corrected chi connectivity index (χ3v) is 8.17. The molecule has 0 radical (unpaired) electrons. The smallest absolute Gasteiger partial charge is 0.355 e. The molecule has 3 aromatic carbocycles. The van der Waals surface area contributed by atoms with Crippen LogP contribution < -0.4 is 5.43 Å². The first-order valence-electron chi connectivity index (χ1n) is 11.6. The lowest BCUT2D eigenvalue weighted by Gasteiger charge is -2.55. The number of hydrogen-bond donors (Lipinski definition) is 1. The van der Waals surface area contributed by atoms with E-state index in [-0.39, 0.29) is 18.2 Å². The van der Waals surface area contributed by atoms with Crippen molar-refractivity contribution < 1.29 is 19.1 Å². The molecule has 2 aliphatic heterocycles. The highest BCUT2D eigenvalue weighted by Crippen LogP contribution is 2.70. The summed E-state index contributed by atoms with van der Waals surface area (Å²) < 4.78 is 5.11. The van der Waals surface area contributed by atoms with Crippen molar-refractivity contribution in [1.29, 1.82) is 0 Å². The first-order valence-corrected chi connectivity index (χ1v) is 11.6. The second kappa shape index (κ2) is 6.66. The van der Waals surface area contributed by atoms with Crippen molar-refractivity contribution in [2.24, 2.45) is 10.5 Å². The van der Waals surface area contributed by atoms with Crippen LogP contribution in [0.15, 0.2) is 84.0 Å². The van der Waals surface area contributed by atoms with Gasteiger partial charge >= 0.3 is 5.97 Å². The van der Waals surface area contributed by atoms with Crippen LogP contribution in [-0.2, 0) is 25.7 Å². The molecular formula is C28H21N3O4. The standard InChI is InChI=1S/C28H21N3O4/c1-35-24(32)23-27-21-17-11-5-7-13-19(17)22(20-14-8-6-12-18(20)21)28(27,30-29-23)26(34)31(25(27)33)15-16-9-3-2-4-10-16/h2-14,21-22,30H,15H2,1H3/t21?,22?,27-,28-/m1/s1. The van der Waals surface area contributed by atoms with E-state index in [0.29, 0.717) is 0 Å². The molecule has 1 saturated heterocycles. The van der Waals surface area contributed by atoms with E-state index in [2.05, 4.69) is 10.5 Å². The number of likely N-dealkylation sites (tertiary alicyclic amines) is 1. The van der Waals surface area contributed by atoms with Gasteiger partial charge in [0.2, 0.25) is 5.91 Å². The molecular weight excluding hydrogens is 442 g/mol. The van der Waals surface area contributed by atoms with E-state index in [1.54, 1.807) is 0 Å². The fraction of sp³-hybridized carbons (Fsp3) is 0.214. The minimum atomic E-state index is -1.54. The number of nitrogens with zero attached hydrogens (tertiary/aromatic N) is 2. The quantitative estimate of drug-likeness (QED) is 0.477. The van der Waals surface area contributed by atoms with Crippen molar-refractivity contribution in [3.63, 3.8) is 0 Å². The molecule has 2 amide bonds. The van der Waals surface area contributed by atoms with Gasteiger partial charge in [0.15, 0.2) is 11.3 Å². The predicted octanol–water partition coefficient (Wildman–Crippen LogP) is 2.70. The van der Waals surface area contributed by atoms with Gasteiger partial charge in [-0.15, -0.1) is 0 Å². The molecule has 7 nitrogen and oxygen atoms in total. The molecule has 35 heavy (non-hydrogen) atoms. The second-order valence-corrected chi connectivity index (χ2v) is 9.49. The largest absolute Gasteiger partial charge is 0.464 e. The number of methoxy groups -OCH3 is 1. The van der Waals surface area contributed by atoms with Crippen molar-refractivity contribution in [3.8, 4) is 0 Å². The molecule has 172 valence electrons. The van der Waals surface area contributed by atoms with Crippen LogP contribution in [0.1, 0.15) is 39.7 Å². The molecule has 0 spiro atoms. The number of carbonyl (C=O) groups is 3. The van der Waals surface area contributed by atoms with Crippen LogP contribution in [0.3, 0.4) is 0 Å². The topological polar surface area (TPSA) is 88.1 Å². The summed E-state index contributed by atoms with van der Waals surface area (Å²) in [5.74, 6) is -2.55. The van der Waals surface area contributed by atoms with E-state index in [4.69, 9.17) is 4.74 Å². The van der Waals surface area contributed by atoms with Crippen LogP contribution in [0.5, 0.6) is 0 Å². The Hall–Kier alpha value is -4.26. The summed E-state index contributed by atoms with van der Waals surface area (Å²) in [6.07, 6.45) is 0. The second-order valence-electron chi connectivity index (χ2n) is 9.49. The van der Waals surface area contributed by atoms with Gasteiger partial charge in [-0.2, -0.15) is 5.10 Å².